The second kappa shape index (κ2) is 5.86. The van der Waals surface area contributed by atoms with Gasteiger partial charge in [0.2, 0.25) is 11.2 Å². The molecule has 0 aliphatic heterocycles. The molecule has 7 heteroatoms. The van der Waals surface area contributed by atoms with Crippen LogP contribution >= 0.6 is 34.7 Å². The van der Waals surface area contributed by atoms with Crippen molar-refractivity contribution in [3.8, 4) is 0 Å². The molecule has 0 aliphatic carbocycles. The molecule has 1 amide bonds. The molecule has 1 N–H and O–H groups in total. The molecule has 2 aromatic heterocycles. The van der Waals surface area contributed by atoms with Gasteiger partial charge in [-0.3, -0.25) is 4.79 Å². The van der Waals surface area contributed by atoms with E-state index in [9.17, 15) is 4.79 Å². The number of hydrogen-bond donors (Lipinski definition) is 1. The van der Waals surface area contributed by atoms with Crippen LogP contribution in [0.15, 0.2) is 16.5 Å². The minimum Gasteiger partial charge on any atom is -0.353 e. The molecule has 0 spiro atoms. The first-order valence-corrected chi connectivity index (χ1v) is 7.63. The molecule has 2 rings (SSSR count). The Morgan fingerprint density at radius 3 is 3.06 bits per heavy atom. The van der Waals surface area contributed by atoms with Gasteiger partial charge in [-0.05, 0) is 36.9 Å². The Morgan fingerprint density at radius 1 is 1.56 bits per heavy atom. The summed E-state index contributed by atoms with van der Waals surface area (Å²) in [5.41, 5.74) is 0. The van der Waals surface area contributed by atoms with E-state index in [-0.39, 0.29) is 17.2 Å². The normalized spacial score (nSPS) is 11.1. The summed E-state index contributed by atoms with van der Waals surface area (Å²) in [5.74, 6) is 0.323. The Morgan fingerprint density at radius 2 is 2.33 bits per heavy atom. The first-order valence-electron chi connectivity index (χ1n) is 5.39. The molecule has 2 aromatic rings. The third kappa shape index (κ3) is 3.34. The molecule has 0 aromatic carbocycles. The van der Waals surface area contributed by atoms with Crippen molar-refractivity contribution in [2.75, 3.05) is 5.75 Å². The summed E-state index contributed by atoms with van der Waals surface area (Å²) in [7, 11) is 0. The van der Waals surface area contributed by atoms with E-state index in [0.717, 1.165) is 15.2 Å². The van der Waals surface area contributed by atoms with Crippen LogP contribution in [-0.4, -0.2) is 27.7 Å². The highest BCUT2D eigenvalue weighted by molar-refractivity contribution is 8.00. The zero-order chi connectivity index (χ0) is 13.1. The van der Waals surface area contributed by atoms with Crippen molar-refractivity contribution >= 4 is 50.8 Å². The molecule has 0 aliphatic rings. The van der Waals surface area contributed by atoms with E-state index in [0.29, 0.717) is 5.75 Å². The summed E-state index contributed by atoms with van der Waals surface area (Å²) in [6.45, 7) is 3.86. The number of rotatable bonds is 4. The van der Waals surface area contributed by atoms with Crippen LogP contribution in [0.2, 0.25) is 5.28 Å². The van der Waals surface area contributed by atoms with Gasteiger partial charge in [-0.1, -0.05) is 11.8 Å². The molecule has 0 fully saturated rings. The predicted molar refractivity (Wildman–Crippen MR) is 76.4 cm³/mol. The van der Waals surface area contributed by atoms with Gasteiger partial charge in [0.15, 0.2) is 0 Å². The third-order valence-corrected chi connectivity index (χ3v) is 4.02. The molecule has 2 heterocycles. The summed E-state index contributed by atoms with van der Waals surface area (Å²) < 4.78 is 0. The van der Waals surface area contributed by atoms with Gasteiger partial charge in [0.1, 0.15) is 9.86 Å². The second-order valence-corrected chi connectivity index (χ2v) is 6.14. The fraction of sp³-hybridized carbons (Fsp3) is 0.364. The molecule has 0 unspecified atom stereocenters. The highest BCUT2D eigenvalue weighted by Crippen LogP contribution is 2.29. The lowest BCUT2D eigenvalue weighted by atomic mass is 10.4. The lowest BCUT2D eigenvalue weighted by Crippen LogP contribution is -2.31. The fourth-order valence-electron chi connectivity index (χ4n) is 1.41. The maximum atomic E-state index is 11.6. The average Bonchev–Trinajstić information content (AvgIpc) is 2.72. The van der Waals surface area contributed by atoms with Gasteiger partial charge < -0.3 is 5.32 Å². The van der Waals surface area contributed by atoms with Gasteiger partial charge in [0, 0.05) is 11.4 Å². The Labute approximate surface area is 118 Å². The Hall–Kier alpha value is -0.850. The topological polar surface area (TPSA) is 54.9 Å². The Balaban J connectivity index is 2.11. The SMILES string of the molecule is CC(C)NC(=O)CSc1nc(Cl)nc2sccc12. The average molecular weight is 302 g/mol. The number of carbonyl (C=O) groups excluding carboxylic acids is 1. The van der Waals surface area contributed by atoms with Crippen LogP contribution in [0.3, 0.4) is 0 Å². The molecule has 0 saturated carbocycles. The molecule has 96 valence electrons. The van der Waals surface area contributed by atoms with E-state index in [4.69, 9.17) is 11.6 Å². The number of thioether (sulfide) groups is 1. The van der Waals surface area contributed by atoms with Crippen molar-refractivity contribution in [2.45, 2.75) is 24.9 Å². The van der Waals surface area contributed by atoms with Crippen molar-refractivity contribution in [3.05, 3.63) is 16.7 Å². The standard InChI is InChI=1S/C11H12ClN3OS2/c1-6(2)13-8(16)5-18-10-7-3-4-17-9(7)14-11(12)15-10/h3-4,6H,5H2,1-2H3,(H,13,16). The number of amides is 1. The van der Waals surface area contributed by atoms with Gasteiger partial charge in [0.25, 0.3) is 0 Å². The fourth-order valence-corrected chi connectivity index (χ4v) is 3.33. The van der Waals surface area contributed by atoms with Crippen LogP contribution < -0.4 is 5.32 Å². The zero-order valence-corrected chi connectivity index (χ0v) is 12.3. The van der Waals surface area contributed by atoms with Crippen molar-refractivity contribution in [1.82, 2.24) is 15.3 Å². The van der Waals surface area contributed by atoms with Crippen LogP contribution in [0, 0.1) is 0 Å². The third-order valence-electron chi connectivity index (χ3n) is 2.05. The first-order chi connectivity index (χ1) is 8.56. The van der Waals surface area contributed by atoms with E-state index in [1.165, 1.54) is 23.1 Å². The maximum Gasteiger partial charge on any atom is 0.230 e. The number of nitrogens with one attached hydrogen (secondary N) is 1. The van der Waals surface area contributed by atoms with Crippen LogP contribution in [0.25, 0.3) is 10.2 Å². The number of thiophene rings is 1. The largest absolute Gasteiger partial charge is 0.353 e. The van der Waals surface area contributed by atoms with Gasteiger partial charge in [-0.15, -0.1) is 11.3 Å². The Bertz CT molecular complexity index is 570. The lowest BCUT2D eigenvalue weighted by molar-refractivity contribution is -0.119. The summed E-state index contributed by atoms with van der Waals surface area (Å²) in [6, 6.07) is 2.09. The van der Waals surface area contributed by atoms with Gasteiger partial charge in [0.05, 0.1) is 5.75 Å². The molecule has 4 nitrogen and oxygen atoms in total. The summed E-state index contributed by atoms with van der Waals surface area (Å²) in [6.07, 6.45) is 0. The summed E-state index contributed by atoms with van der Waals surface area (Å²) in [5, 5.41) is 6.70. The monoisotopic (exact) mass is 301 g/mol. The first kappa shape index (κ1) is 13.6. The number of aromatic nitrogens is 2. The number of nitrogens with zero attached hydrogens (tertiary/aromatic N) is 2. The molecule has 18 heavy (non-hydrogen) atoms. The number of fused-ring (bicyclic) bond motifs is 1. The van der Waals surface area contributed by atoms with Gasteiger partial charge in [-0.25, -0.2) is 9.97 Å². The van der Waals surface area contributed by atoms with Crippen molar-refractivity contribution in [3.63, 3.8) is 0 Å². The minimum atomic E-state index is -0.00638. The second-order valence-electron chi connectivity index (χ2n) is 3.95. The smallest absolute Gasteiger partial charge is 0.230 e. The molecule has 0 bridgehead atoms. The molecular weight excluding hydrogens is 290 g/mol. The number of halogens is 1. The zero-order valence-electron chi connectivity index (χ0n) is 9.94. The van der Waals surface area contributed by atoms with Crippen molar-refractivity contribution in [1.29, 1.82) is 0 Å². The maximum absolute atomic E-state index is 11.6. The van der Waals surface area contributed by atoms with E-state index in [1.807, 2.05) is 25.3 Å². The van der Waals surface area contributed by atoms with Crippen LogP contribution in [0.5, 0.6) is 0 Å². The molecule has 0 saturated heterocycles. The van der Waals surface area contributed by atoms with Gasteiger partial charge >= 0.3 is 0 Å². The van der Waals surface area contributed by atoms with Gasteiger partial charge in [-0.2, -0.15) is 0 Å². The summed E-state index contributed by atoms with van der Waals surface area (Å²) in [4.78, 5) is 20.7. The molecule has 0 atom stereocenters. The lowest BCUT2D eigenvalue weighted by Gasteiger charge is -2.07. The van der Waals surface area contributed by atoms with Crippen molar-refractivity contribution < 1.29 is 4.79 Å². The number of hydrogen-bond acceptors (Lipinski definition) is 5. The Kier molecular flexibility index (Phi) is 4.42. The number of carbonyl (C=O) groups is 1. The minimum absolute atomic E-state index is 0.00638. The highest BCUT2D eigenvalue weighted by Gasteiger charge is 2.11. The quantitative estimate of drug-likeness (QED) is 0.536. The van der Waals surface area contributed by atoms with Crippen LogP contribution in [0.4, 0.5) is 0 Å². The predicted octanol–water partition coefficient (Wildman–Crippen LogP) is 2.96. The van der Waals surface area contributed by atoms with E-state index in [2.05, 4.69) is 15.3 Å². The molecule has 0 radical (unpaired) electrons. The van der Waals surface area contributed by atoms with E-state index >= 15 is 0 Å². The highest BCUT2D eigenvalue weighted by atomic mass is 35.5. The van der Waals surface area contributed by atoms with Crippen LogP contribution in [0.1, 0.15) is 13.8 Å². The van der Waals surface area contributed by atoms with E-state index in [1.54, 1.807) is 0 Å². The molecular formula is C11H12ClN3OS2. The van der Waals surface area contributed by atoms with Crippen LogP contribution in [-0.2, 0) is 4.79 Å². The summed E-state index contributed by atoms with van der Waals surface area (Å²) >= 11 is 8.74. The van der Waals surface area contributed by atoms with Crippen molar-refractivity contribution in [2.24, 2.45) is 0 Å². The van der Waals surface area contributed by atoms with E-state index < -0.39 is 0 Å².